The lowest BCUT2D eigenvalue weighted by atomic mass is 10.0. The Morgan fingerprint density at radius 2 is 1.94 bits per heavy atom. The van der Waals surface area contributed by atoms with Crippen LogP contribution in [0.5, 0.6) is 5.75 Å². The van der Waals surface area contributed by atoms with E-state index >= 15 is 0 Å². The molecule has 1 saturated heterocycles. The number of carboxylic acids is 1. The molecule has 2 aromatic rings. The molecule has 0 bridgehead atoms. The highest BCUT2D eigenvalue weighted by atomic mass is 16.6. The fourth-order valence-electron chi connectivity index (χ4n) is 3.43. The minimum absolute atomic E-state index is 0.114. The lowest BCUT2D eigenvalue weighted by Gasteiger charge is -2.25. The number of aromatic hydroxyl groups is 1. The van der Waals surface area contributed by atoms with Gasteiger partial charge in [0.1, 0.15) is 24.1 Å². The Hall–Kier alpha value is -3.63. The normalized spacial score (nSPS) is 24.8. The summed E-state index contributed by atoms with van der Waals surface area (Å²) in [6.07, 6.45) is -6.46. The predicted octanol–water partition coefficient (Wildman–Crippen LogP) is -3.72. The first-order valence-corrected chi connectivity index (χ1v) is 9.94. The Morgan fingerprint density at radius 3 is 2.53 bits per heavy atom. The quantitative estimate of drug-likeness (QED) is 0.181. The molecule has 1 amide bonds. The van der Waals surface area contributed by atoms with Gasteiger partial charge in [0.15, 0.2) is 12.3 Å². The van der Waals surface area contributed by atoms with Gasteiger partial charge >= 0.3 is 11.7 Å². The summed E-state index contributed by atoms with van der Waals surface area (Å²) in [7, 11) is 0. The van der Waals surface area contributed by atoms with E-state index in [2.05, 4.69) is 10.3 Å². The number of aliphatic hydroxyl groups excluding tert-OH is 3. The van der Waals surface area contributed by atoms with Crippen LogP contribution in [-0.2, 0) is 14.3 Å². The third-order valence-corrected chi connectivity index (χ3v) is 5.22. The van der Waals surface area contributed by atoms with Crippen LogP contribution < -0.4 is 22.3 Å². The van der Waals surface area contributed by atoms with Gasteiger partial charge in [-0.1, -0.05) is 0 Å². The predicted molar refractivity (Wildman–Crippen MR) is 110 cm³/mol. The van der Waals surface area contributed by atoms with E-state index in [0.29, 0.717) is 0 Å². The van der Waals surface area contributed by atoms with E-state index in [-0.39, 0.29) is 17.9 Å². The number of nitrogens with two attached hydrogens (primary N) is 1. The molecule has 7 unspecified atom stereocenters. The molecule has 9 N–H and O–H groups in total. The smallest absolute Gasteiger partial charge is 0.330 e. The highest BCUT2D eigenvalue weighted by Gasteiger charge is 2.50. The molecule has 0 aromatic carbocycles. The van der Waals surface area contributed by atoms with Gasteiger partial charge in [-0.25, -0.2) is 9.59 Å². The summed E-state index contributed by atoms with van der Waals surface area (Å²) < 4.78 is 6.13. The maximum Gasteiger partial charge on any atom is 0.330 e. The van der Waals surface area contributed by atoms with Gasteiger partial charge in [0.2, 0.25) is 5.91 Å². The molecular formula is C19H23N5O10. The SMILES string of the molecule is NC(CC(O)c1ccc(O)cn1)C(=O)NC(C(=O)O)C1OC(n2ccc(=O)[nH]c2=O)C(O)C1O. The molecule has 1 aliphatic heterocycles. The Kier molecular flexibility index (Phi) is 7.43. The number of aliphatic carboxylic acids is 1. The van der Waals surface area contributed by atoms with Crippen LogP contribution >= 0.6 is 0 Å². The van der Waals surface area contributed by atoms with Crippen molar-refractivity contribution in [1.29, 1.82) is 0 Å². The lowest BCUT2D eigenvalue weighted by Crippen LogP contribution is -2.56. The highest BCUT2D eigenvalue weighted by Crippen LogP contribution is 2.30. The van der Waals surface area contributed by atoms with Gasteiger partial charge in [0.05, 0.1) is 24.0 Å². The number of hydrogen-bond acceptors (Lipinski definition) is 11. The van der Waals surface area contributed by atoms with E-state index in [4.69, 9.17) is 10.5 Å². The minimum Gasteiger partial charge on any atom is -0.506 e. The first-order valence-electron chi connectivity index (χ1n) is 9.94. The number of rotatable bonds is 8. The standard InChI is InChI=1S/C19H23N5O10/c20-8(5-10(26)9-2-1-7(25)6-21-9)16(30)23-12(18(31)32)15-13(28)14(29)17(34-15)24-4-3-11(27)22-19(24)33/h1-4,6,8,10,12-15,17,25-26,28-29H,5,20H2,(H,23,30)(H,31,32)(H,22,27,33). The number of nitrogens with one attached hydrogen (secondary N) is 2. The van der Waals surface area contributed by atoms with Gasteiger partial charge in [0, 0.05) is 18.7 Å². The molecule has 34 heavy (non-hydrogen) atoms. The molecule has 3 rings (SSSR count). The first kappa shape index (κ1) is 25.0. The Balaban J connectivity index is 1.72. The molecule has 0 aliphatic carbocycles. The number of H-pyrrole nitrogens is 1. The fraction of sp³-hybridized carbons (Fsp3) is 0.421. The second-order valence-corrected chi connectivity index (χ2v) is 7.61. The molecule has 7 atom stereocenters. The van der Waals surface area contributed by atoms with Crippen molar-refractivity contribution >= 4 is 11.9 Å². The average Bonchev–Trinajstić information content (AvgIpc) is 3.06. The monoisotopic (exact) mass is 481 g/mol. The number of pyridine rings is 1. The minimum atomic E-state index is -1.89. The van der Waals surface area contributed by atoms with E-state index in [1.165, 1.54) is 12.1 Å². The Bertz CT molecular complexity index is 1150. The fourth-order valence-corrected chi connectivity index (χ4v) is 3.43. The lowest BCUT2D eigenvalue weighted by molar-refractivity contribution is -0.149. The van der Waals surface area contributed by atoms with E-state index in [1.807, 2.05) is 4.98 Å². The van der Waals surface area contributed by atoms with Crippen molar-refractivity contribution in [1.82, 2.24) is 19.9 Å². The van der Waals surface area contributed by atoms with Crippen LogP contribution in [0, 0.1) is 0 Å². The molecule has 184 valence electrons. The molecule has 2 aromatic heterocycles. The number of amides is 1. The number of carboxylic acid groups (broad SMARTS) is 1. The highest BCUT2D eigenvalue weighted by molar-refractivity contribution is 5.87. The number of hydrogen-bond donors (Lipinski definition) is 8. The van der Waals surface area contributed by atoms with E-state index < -0.39 is 65.9 Å². The van der Waals surface area contributed by atoms with Gasteiger partial charge < -0.3 is 41.3 Å². The molecule has 3 heterocycles. The van der Waals surface area contributed by atoms with Crippen LogP contribution in [0.2, 0.25) is 0 Å². The van der Waals surface area contributed by atoms with Crippen molar-refractivity contribution in [2.75, 3.05) is 0 Å². The number of aromatic amines is 1. The van der Waals surface area contributed by atoms with Crippen molar-refractivity contribution in [2.45, 2.75) is 49.1 Å². The second kappa shape index (κ2) is 10.1. The number of aromatic nitrogens is 3. The van der Waals surface area contributed by atoms with Crippen LogP contribution in [0.3, 0.4) is 0 Å². The molecule has 15 heteroatoms. The van der Waals surface area contributed by atoms with E-state index in [9.17, 15) is 44.7 Å². The molecule has 1 fully saturated rings. The Morgan fingerprint density at radius 1 is 1.24 bits per heavy atom. The second-order valence-electron chi connectivity index (χ2n) is 7.61. The zero-order valence-electron chi connectivity index (χ0n) is 17.4. The maximum atomic E-state index is 12.5. The number of nitrogens with zero attached hydrogens (tertiary/aromatic N) is 2. The van der Waals surface area contributed by atoms with Crippen molar-refractivity contribution in [3.8, 4) is 5.75 Å². The van der Waals surface area contributed by atoms with Gasteiger partial charge in [-0.05, 0) is 12.1 Å². The van der Waals surface area contributed by atoms with Gasteiger partial charge in [0.25, 0.3) is 5.56 Å². The summed E-state index contributed by atoms with van der Waals surface area (Å²) in [5.74, 6) is -2.78. The van der Waals surface area contributed by atoms with E-state index in [0.717, 1.165) is 23.0 Å². The number of aliphatic hydroxyl groups is 3. The van der Waals surface area contributed by atoms with Crippen molar-refractivity contribution < 1.29 is 39.9 Å². The van der Waals surface area contributed by atoms with Crippen molar-refractivity contribution in [3.05, 3.63) is 57.1 Å². The van der Waals surface area contributed by atoms with Crippen LogP contribution in [0.1, 0.15) is 24.4 Å². The number of carbonyl (C=O) groups excluding carboxylic acids is 1. The van der Waals surface area contributed by atoms with Gasteiger partial charge in [-0.2, -0.15) is 0 Å². The summed E-state index contributed by atoms with van der Waals surface area (Å²) in [5, 5.41) is 51.8. The zero-order valence-corrected chi connectivity index (χ0v) is 17.4. The molecular weight excluding hydrogens is 458 g/mol. The summed E-state index contributed by atoms with van der Waals surface area (Å²) >= 11 is 0. The van der Waals surface area contributed by atoms with Crippen LogP contribution in [0.15, 0.2) is 40.2 Å². The molecule has 0 spiro atoms. The summed E-state index contributed by atoms with van der Waals surface area (Å²) in [6.45, 7) is 0. The topological polar surface area (TPSA) is 250 Å². The molecule has 0 saturated carbocycles. The van der Waals surface area contributed by atoms with Crippen molar-refractivity contribution in [2.24, 2.45) is 5.73 Å². The zero-order chi connectivity index (χ0) is 25.2. The maximum absolute atomic E-state index is 12.5. The number of carbonyl (C=O) groups is 2. The first-order chi connectivity index (χ1) is 16.0. The summed E-state index contributed by atoms with van der Waals surface area (Å²) in [4.78, 5) is 53.3. The molecule has 1 aliphatic rings. The number of ether oxygens (including phenoxy) is 1. The van der Waals surface area contributed by atoms with Crippen LogP contribution in [0.4, 0.5) is 0 Å². The average molecular weight is 481 g/mol. The van der Waals surface area contributed by atoms with Crippen LogP contribution in [-0.4, -0.2) is 82.3 Å². The van der Waals surface area contributed by atoms with Gasteiger partial charge in [-0.15, -0.1) is 0 Å². The summed E-state index contributed by atoms with van der Waals surface area (Å²) in [6, 6.07) is 0.240. The Labute approximate surface area is 190 Å². The van der Waals surface area contributed by atoms with Crippen molar-refractivity contribution in [3.63, 3.8) is 0 Å². The third-order valence-electron chi connectivity index (χ3n) is 5.22. The van der Waals surface area contributed by atoms with Gasteiger partial charge in [-0.3, -0.25) is 24.1 Å². The molecule has 0 radical (unpaired) electrons. The molecule has 15 nitrogen and oxygen atoms in total. The largest absolute Gasteiger partial charge is 0.506 e. The third kappa shape index (κ3) is 5.29. The summed E-state index contributed by atoms with van der Waals surface area (Å²) in [5.41, 5.74) is 4.19. The van der Waals surface area contributed by atoms with E-state index in [1.54, 1.807) is 0 Å². The van der Waals surface area contributed by atoms with Crippen LogP contribution in [0.25, 0.3) is 0 Å².